The summed E-state index contributed by atoms with van der Waals surface area (Å²) in [7, 11) is 0. The number of oxazole rings is 1. The molecule has 3 aromatic heterocycles. The molecule has 0 radical (unpaired) electrons. The van der Waals surface area contributed by atoms with Crippen molar-refractivity contribution in [1.82, 2.24) is 19.1 Å². The molecule has 0 unspecified atom stereocenters. The molecule has 0 amide bonds. The Morgan fingerprint density at radius 2 is 1.07 bits per heavy atom. The van der Waals surface area contributed by atoms with Crippen LogP contribution in [0.5, 0.6) is 0 Å². The Balaban J connectivity index is 1.34. The van der Waals surface area contributed by atoms with E-state index >= 15 is 0 Å². The van der Waals surface area contributed by atoms with Gasteiger partial charge in [0, 0.05) is 51.1 Å². The number of nitrogens with zero attached hydrogens (tertiary/aromatic N) is 4. The van der Waals surface area contributed by atoms with Crippen LogP contribution in [0.1, 0.15) is 38.1 Å². The Hall–Kier alpha value is -6.98. The lowest BCUT2D eigenvalue weighted by molar-refractivity contribution is 0.361. The third-order valence-corrected chi connectivity index (χ3v) is 11.7. The summed E-state index contributed by atoms with van der Waals surface area (Å²) in [5.74, 6) is 1.54. The maximum absolute atomic E-state index is 7.03. The van der Waals surface area contributed by atoms with E-state index in [9.17, 15) is 0 Å². The van der Waals surface area contributed by atoms with Crippen LogP contribution in [-0.2, 0) is 0 Å². The van der Waals surface area contributed by atoms with Crippen LogP contribution in [0.2, 0.25) is 0 Å². The SMILES string of the molecule is c1ccc(-c2nc3c(-c4ccccc4)c4c(-c5cccc6nc(-c7ccccc7)n(-c7ccccc7)c56)cn(C5CCCCC5)c4c(-c4ccccc4)c3o2)cc1. The fourth-order valence-corrected chi connectivity index (χ4v) is 9.18. The average molecular weight is 737 g/mol. The molecule has 3 heterocycles. The highest BCUT2D eigenvalue weighted by atomic mass is 16.3. The molecular formula is C52H40N4O. The first-order chi connectivity index (χ1) is 28.3. The Labute approximate surface area is 331 Å². The van der Waals surface area contributed by atoms with Crippen LogP contribution in [0.15, 0.2) is 180 Å². The zero-order valence-electron chi connectivity index (χ0n) is 31.6. The zero-order chi connectivity index (χ0) is 37.7. The minimum absolute atomic E-state index is 0.341. The standard InChI is InChI=1S/C52H40N4O/c1-7-20-35(21-8-1)44-46-42(41-32-19-33-43-48(41)56(40-30-17-6-18-31-40)51(53-43)37-24-11-3-12-25-37)34-55(39-28-15-5-16-29-39)49(46)45(36-22-9-2-10-23-36)50-47(44)54-52(57-50)38-26-13-4-14-27-38/h1-4,6-14,17-27,30-34,39H,5,15-16,28-29H2. The molecule has 0 bridgehead atoms. The number of para-hydroxylation sites is 2. The van der Waals surface area contributed by atoms with Crippen molar-refractivity contribution in [2.24, 2.45) is 0 Å². The number of hydrogen-bond acceptors (Lipinski definition) is 3. The molecule has 57 heavy (non-hydrogen) atoms. The van der Waals surface area contributed by atoms with Gasteiger partial charge in [-0.05, 0) is 54.3 Å². The number of hydrogen-bond donors (Lipinski definition) is 0. The fourth-order valence-electron chi connectivity index (χ4n) is 9.18. The molecule has 1 fully saturated rings. The van der Waals surface area contributed by atoms with Gasteiger partial charge in [0.05, 0.1) is 22.1 Å². The quantitative estimate of drug-likeness (QED) is 0.164. The summed E-state index contributed by atoms with van der Waals surface area (Å²) in [6.07, 6.45) is 8.42. The summed E-state index contributed by atoms with van der Waals surface area (Å²) in [5, 5.41) is 1.18. The lowest BCUT2D eigenvalue weighted by atomic mass is 9.90. The summed E-state index contributed by atoms with van der Waals surface area (Å²) >= 11 is 0. The number of imidazole rings is 1. The van der Waals surface area contributed by atoms with Gasteiger partial charge in [-0.1, -0.05) is 159 Å². The van der Waals surface area contributed by atoms with Gasteiger partial charge in [0.1, 0.15) is 11.3 Å². The van der Waals surface area contributed by atoms with E-state index < -0.39 is 0 Å². The molecule has 0 spiro atoms. The van der Waals surface area contributed by atoms with Gasteiger partial charge in [-0.25, -0.2) is 9.97 Å². The van der Waals surface area contributed by atoms with Gasteiger partial charge in [-0.2, -0.15) is 0 Å². The Morgan fingerprint density at radius 3 is 1.72 bits per heavy atom. The second kappa shape index (κ2) is 13.9. The lowest BCUT2D eigenvalue weighted by Crippen LogP contribution is -2.12. The maximum Gasteiger partial charge on any atom is 0.227 e. The van der Waals surface area contributed by atoms with Gasteiger partial charge in [-0.15, -0.1) is 0 Å². The van der Waals surface area contributed by atoms with Crippen LogP contribution in [-0.4, -0.2) is 19.1 Å². The first kappa shape index (κ1) is 33.4. The van der Waals surface area contributed by atoms with E-state index in [2.05, 4.69) is 167 Å². The second-order valence-electron chi connectivity index (χ2n) is 15.2. The molecule has 1 saturated carbocycles. The van der Waals surface area contributed by atoms with Gasteiger partial charge in [0.2, 0.25) is 5.89 Å². The molecule has 0 saturated heterocycles. The lowest BCUT2D eigenvalue weighted by Gasteiger charge is -2.25. The highest BCUT2D eigenvalue weighted by Crippen LogP contribution is 2.51. The first-order valence-corrected chi connectivity index (χ1v) is 20.1. The summed E-state index contributed by atoms with van der Waals surface area (Å²) in [5.41, 5.74) is 14.7. The number of rotatable bonds is 7. The van der Waals surface area contributed by atoms with Crippen molar-refractivity contribution >= 4 is 33.0 Å². The molecule has 5 heteroatoms. The van der Waals surface area contributed by atoms with Crippen LogP contribution >= 0.6 is 0 Å². The van der Waals surface area contributed by atoms with Gasteiger partial charge in [0.25, 0.3) is 0 Å². The largest absolute Gasteiger partial charge is 0.435 e. The van der Waals surface area contributed by atoms with E-state index in [0.29, 0.717) is 11.9 Å². The first-order valence-electron chi connectivity index (χ1n) is 20.1. The number of benzene rings is 7. The highest BCUT2D eigenvalue weighted by Gasteiger charge is 2.31. The predicted octanol–water partition coefficient (Wildman–Crippen LogP) is 14.0. The third kappa shape index (κ3) is 5.61. The van der Waals surface area contributed by atoms with E-state index in [4.69, 9.17) is 14.4 Å². The highest BCUT2D eigenvalue weighted by molar-refractivity contribution is 6.23. The topological polar surface area (TPSA) is 48.8 Å². The van der Waals surface area contributed by atoms with Crippen LogP contribution in [0.25, 0.3) is 94.9 Å². The molecule has 7 aromatic carbocycles. The molecule has 1 aliphatic carbocycles. The molecular weight excluding hydrogens is 697 g/mol. The minimum Gasteiger partial charge on any atom is -0.435 e. The molecule has 0 atom stereocenters. The fraction of sp³-hybridized carbons (Fsp3) is 0.115. The van der Waals surface area contributed by atoms with E-state index in [1.54, 1.807) is 0 Å². The van der Waals surface area contributed by atoms with E-state index in [0.717, 1.165) is 85.4 Å². The summed E-state index contributed by atoms with van der Waals surface area (Å²) in [6.45, 7) is 0. The zero-order valence-corrected chi connectivity index (χ0v) is 31.6. The maximum atomic E-state index is 7.03. The summed E-state index contributed by atoms with van der Waals surface area (Å²) < 4.78 is 12.0. The molecule has 274 valence electrons. The van der Waals surface area contributed by atoms with Crippen LogP contribution in [0, 0.1) is 0 Å². The molecule has 0 N–H and O–H groups in total. The second-order valence-corrected chi connectivity index (χ2v) is 15.2. The van der Waals surface area contributed by atoms with E-state index in [-0.39, 0.29) is 0 Å². The summed E-state index contributed by atoms with van der Waals surface area (Å²) in [6, 6.07) is 60.0. The third-order valence-electron chi connectivity index (χ3n) is 11.7. The minimum atomic E-state index is 0.341. The van der Waals surface area contributed by atoms with E-state index in [1.807, 2.05) is 18.2 Å². The van der Waals surface area contributed by atoms with Gasteiger partial charge in [0.15, 0.2) is 5.58 Å². The van der Waals surface area contributed by atoms with Crippen molar-refractivity contribution in [2.75, 3.05) is 0 Å². The number of aromatic nitrogens is 4. The van der Waals surface area contributed by atoms with E-state index in [1.165, 1.54) is 35.7 Å². The molecule has 11 rings (SSSR count). The summed E-state index contributed by atoms with van der Waals surface area (Å²) in [4.78, 5) is 10.8. The Bertz CT molecular complexity index is 3010. The molecule has 5 nitrogen and oxygen atoms in total. The predicted molar refractivity (Wildman–Crippen MR) is 233 cm³/mol. The smallest absolute Gasteiger partial charge is 0.227 e. The van der Waals surface area contributed by atoms with Gasteiger partial charge in [-0.3, -0.25) is 4.57 Å². The van der Waals surface area contributed by atoms with Crippen LogP contribution in [0.3, 0.4) is 0 Å². The van der Waals surface area contributed by atoms with Crippen molar-refractivity contribution in [3.05, 3.63) is 176 Å². The normalized spacial score (nSPS) is 13.5. The Kier molecular flexibility index (Phi) is 8.17. The van der Waals surface area contributed by atoms with Crippen molar-refractivity contribution in [1.29, 1.82) is 0 Å². The van der Waals surface area contributed by atoms with Crippen molar-refractivity contribution in [2.45, 2.75) is 38.1 Å². The molecule has 1 aliphatic rings. The van der Waals surface area contributed by atoms with Gasteiger partial charge >= 0.3 is 0 Å². The van der Waals surface area contributed by atoms with Crippen molar-refractivity contribution in [3.63, 3.8) is 0 Å². The number of fused-ring (bicyclic) bond motifs is 3. The van der Waals surface area contributed by atoms with Gasteiger partial charge < -0.3 is 8.98 Å². The molecule has 10 aromatic rings. The van der Waals surface area contributed by atoms with Crippen molar-refractivity contribution < 1.29 is 4.42 Å². The Morgan fingerprint density at radius 1 is 0.491 bits per heavy atom. The molecule has 0 aliphatic heterocycles. The van der Waals surface area contributed by atoms with Crippen LogP contribution < -0.4 is 0 Å². The monoisotopic (exact) mass is 736 g/mol. The average Bonchev–Trinajstić information content (AvgIpc) is 4.02. The van der Waals surface area contributed by atoms with Crippen LogP contribution in [0.4, 0.5) is 0 Å². The van der Waals surface area contributed by atoms with Crippen molar-refractivity contribution in [3.8, 4) is 61.9 Å².